The third kappa shape index (κ3) is 3.65. The number of rotatable bonds is 4. The van der Waals surface area contributed by atoms with Crippen LogP contribution in [0.5, 0.6) is 11.5 Å². The molecule has 0 bridgehead atoms. The Bertz CT molecular complexity index is 795. The molecule has 132 valence electrons. The van der Waals surface area contributed by atoms with Crippen molar-refractivity contribution in [3.63, 3.8) is 0 Å². The molecule has 0 radical (unpaired) electrons. The molecule has 0 atom stereocenters. The first kappa shape index (κ1) is 17.0. The highest BCUT2D eigenvalue weighted by Crippen LogP contribution is 2.38. The summed E-state index contributed by atoms with van der Waals surface area (Å²) in [5, 5.41) is 0. The van der Waals surface area contributed by atoms with Crippen LogP contribution in [0.15, 0.2) is 42.5 Å². The zero-order valence-corrected chi connectivity index (χ0v) is 13.5. The van der Waals surface area contributed by atoms with E-state index in [0.29, 0.717) is 28.4 Å². The molecule has 1 aliphatic rings. The minimum Gasteiger partial charge on any atom is -0.497 e. The largest absolute Gasteiger partial charge is 0.573 e. The van der Waals surface area contributed by atoms with Crippen LogP contribution >= 0.6 is 0 Å². The monoisotopic (exact) mass is 352 g/mol. The highest BCUT2D eigenvalue weighted by atomic mass is 19.4. The third-order valence-corrected chi connectivity index (χ3v) is 3.69. The zero-order chi connectivity index (χ0) is 18.0. The maximum atomic E-state index is 12.4. The Kier molecular flexibility index (Phi) is 4.48. The topological polar surface area (TPSA) is 36.9 Å². The molecule has 7 heteroatoms. The van der Waals surface area contributed by atoms with Crippen molar-refractivity contribution in [2.24, 2.45) is 0 Å². The Morgan fingerprint density at radius 3 is 2.20 bits per heavy atom. The number of hydrogen-bond donors (Lipinski definition) is 0. The Labute approximate surface area is 142 Å². The smallest absolute Gasteiger partial charge is 0.497 e. The van der Waals surface area contributed by atoms with Crippen LogP contribution in [0.3, 0.4) is 0 Å². The fraction of sp³-hybridized carbons (Fsp3) is 0.222. The van der Waals surface area contributed by atoms with Gasteiger partial charge in [-0.15, -0.1) is 13.2 Å². The summed E-state index contributed by atoms with van der Waals surface area (Å²) in [5.74, 6) is 1.37. The highest BCUT2D eigenvalue weighted by Gasteiger charge is 2.32. The molecular formula is C18H15F3O4. The summed E-state index contributed by atoms with van der Waals surface area (Å²) in [7, 11) is 3.06. The first-order valence-corrected chi connectivity index (χ1v) is 7.36. The second-order valence-corrected chi connectivity index (χ2v) is 5.25. The SMILES string of the molecule is COC1=C(c2ccc(OC)cc2)OCc2cc(OC(F)(F)F)ccc21. The van der Waals surface area contributed by atoms with E-state index in [-0.39, 0.29) is 12.4 Å². The second kappa shape index (κ2) is 6.58. The summed E-state index contributed by atoms with van der Waals surface area (Å²) in [6.45, 7) is 0.110. The van der Waals surface area contributed by atoms with E-state index in [1.165, 1.54) is 25.3 Å². The van der Waals surface area contributed by atoms with Gasteiger partial charge in [-0.25, -0.2) is 0 Å². The molecule has 3 rings (SSSR count). The Morgan fingerprint density at radius 2 is 1.60 bits per heavy atom. The molecule has 0 amide bonds. The first-order chi connectivity index (χ1) is 11.9. The normalized spacial score (nSPS) is 13.8. The molecule has 1 heterocycles. The number of benzene rings is 2. The van der Waals surface area contributed by atoms with Crippen molar-refractivity contribution >= 4 is 11.5 Å². The molecule has 0 N–H and O–H groups in total. The lowest BCUT2D eigenvalue weighted by atomic mass is 10.0. The average molecular weight is 352 g/mol. The van der Waals surface area contributed by atoms with Gasteiger partial charge in [0.15, 0.2) is 11.5 Å². The lowest BCUT2D eigenvalue weighted by Crippen LogP contribution is -2.17. The molecule has 1 aliphatic heterocycles. The van der Waals surface area contributed by atoms with E-state index in [2.05, 4.69) is 4.74 Å². The minimum absolute atomic E-state index is 0.110. The van der Waals surface area contributed by atoms with Crippen LogP contribution in [0.1, 0.15) is 16.7 Å². The van der Waals surface area contributed by atoms with Gasteiger partial charge in [-0.05, 0) is 42.5 Å². The molecule has 2 aromatic rings. The molecule has 25 heavy (non-hydrogen) atoms. The lowest BCUT2D eigenvalue weighted by molar-refractivity contribution is -0.274. The predicted octanol–water partition coefficient (Wildman–Crippen LogP) is 4.60. The van der Waals surface area contributed by atoms with Gasteiger partial charge in [0.2, 0.25) is 0 Å². The van der Waals surface area contributed by atoms with Gasteiger partial charge in [-0.3, -0.25) is 0 Å². The number of fused-ring (bicyclic) bond motifs is 1. The van der Waals surface area contributed by atoms with Gasteiger partial charge in [0.1, 0.15) is 18.1 Å². The predicted molar refractivity (Wildman–Crippen MR) is 84.7 cm³/mol. The molecule has 0 saturated carbocycles. The molecule has 0 aromatic heterocycles. The highest BCUT2D eigenvalue weighted by molar-refractivity contribution is 5.86. The molecule has 0 saturated heterocycles. The van der Waals surface area contributed by atoms with Gasteiger partial charge < -0.3 is 18.9 Å². The van der Waals surface area contributed by atoms with Crippen LogP contribution in [-0.2, 0) is 16.1 Å². The maximum Gasteiger partial charge on any atom is 0.573 e. The first-order valence-electron chi connectivity index (χ1n) is 7.36. The van der Waals surface area contributed by atoms with Crippen molar-refractivity contribution in [3.05, 3.63) is 59.2 Å². The lowest BCUT2D eigenvalue weighted by Gasteiger charge is -2.24. The minimum atomic E-state index is -4.74. The van der Waals surface area contributed by atoms with E-state index < -0.39 is 6.36 Å². The molecular weight excluding hydrogens is 337 g/mol. The standard InChI is InChI=1S/C18H15F3O4/c1-22-13-5-3-11(4-6-13)16-17(23-2)15-8-7-14(25-18(19,20)21)9-12(15)10-24-16/h3-9H,10H2,1-2H3. The van der Waals surface area contributed by atoms with Crippen molar-refractivity contribution in [1.82, 2.24) is 0 Å². The molecule has 0 unspecified atom stereocenters. The van der Waals surface area contributed by atoms with Gasteiger partial charge in [0.05, 0.1) is 14.2 Å². The van der Waals surface area contributed by atoms with E-state index in [9.17, 15) is 13.2 Å². The Hall–Kier alpha value is -2.83. The van der Waals surface area contributed by atoms with E-state index in [1.807, 2.05) is 12.1 Å². The van der Waals surface area contributed by atoms with Gasteiger partial charge >= 0.3 is 6.36 Å². The molecule has 0 aliphatic carbocycles. The summed E-state index contributed by atoms with van der Waals surface area (Å²) in [6, 6.07) is 11.3. The molecule has 2 aromatic carbocycles. The van der Waals surface area contributed by atoms with Gasteiger partial charge in [-0.2, -0.15) is 0 Å². The van der Waals surface area contributed by atoms with Crippen molar-refractivity contribution in [3.8, 4) is 11.5 Å². The van der Waals surface area contributed by atoms with Crippen molar-refractivity contribution in [2.45, 2.75) is 13.0 Å². The van der Waals surface area contributed by atoms with Crippen LogP contribution in [0.25, 0.3) is 11.5 Å². The van der Waals surface area contributed by atoms with E-state index >= 15 is 0 Å². The molecule has 0 spiro atoms. The Morgan fingerprint density at radius 1 is 0.920 bits per heavy atom. The summed E-state index contributed by atoms with van der Waals surface area (Å²) in [4.78, 5) is 0. The molecule has 4 nitrogen and oxygen atoms in total. The van der Waals surface area contributed by atoms with Crippen LogP contribution in [-0.4, -0.2) is 20.6 Å². The maximum absolute atomic E-state index is 12.4. The number of hydrogen-bond acceptors (Lipinski definition) is 4. The van der Waals surface area contributed by atoms with E-state index in [4.69, 9.17) is 14.2 Å². The summed E-state index contributed by atoms with van der Waals surface area (Å²) in [6.07, 6.45) is -4.74. The van der Waals surface area contributed by atoms with Gasteiger partial charge in [0, 0.05) is 16.7 Å². The van der Waals surface area contributed by atoms with Crippen LogP contribution in [0.4, 0.5) is 13.2 Å². The quantitative estimate of drug-likeness (QED) is 0.806. The second-order valence-electron chi connectivity index (χ2n) is 5.25. The van der Waals surface area contributed by atoms with Crippen LogP contribution < -0.4 is 9.47 Å². The Balaban J connectivity index is 1.99. The fourth-order valence-corrected chi connectivity index (χ4v) is 2.61. The van der Waals surface area contributed by atoms with E-state index in [0.717, 1.165) is 5.56 Å². The van der Waals surface area contributed by atoms with Crippen molar-refractivity contribution < 1.29 is 32.1 Å². The van der Waals surface area contributed by atoms with E-state index in [1.54, 1.807) is 19.2 Å². The number of alkyl halides is 3. The summed E-state index contributed by atoms with van der Waals surface area (Å²) in [5.41, 5.74) is 1.99. The van der Waals surface area contributed by atoms with Crippen molar-refractivity contribution in [2.75, 3.05) is 14.2 Å². The fourth-order valence-electron chi connectivity index (χ4n) is 2.61. The number of methoxy groups -OCH3 is 2. The zero-order valence-electron chi connectivity index (χ0n) is 13.5. The van der Waals surface area contributed by atoms with Crippen LogP contribution in [0, 0.1) is 0 Å². The number of halogens is 3. The average Bonchev–Trinajstić information content (AvgIpc) is 2.59. The third-order valence-electron chi connectivity index (χ3n) is 3.69. The van der Waals surface area contributed by atoms with Crippen LogP contribution in [0.2, 0.25) is 0 Å². The van der Waals surface area contributed by atoms with Gasteiger partial charge in [0.25, 0.3) is 0 Å². The summed E-state index contributed by atoms with van der Waals surface area (Å²) >= 11 is 0. The number of ether oxygens (including phenoxy) is 4. The molecule has 0 fully saturated rings. The summed E-state index contributed by atoms with van der Waals surface area (Å²) < 4.78 is 57.3. The van der Waals surface area contributed by atoms with Crippen molar-refractivity contribution in [1.29, 1.82) is 0 Å². The van der Waals surface area contributed by atoms with Gasteiger partial charge in [-0.1, -0.05) is 0 Å².